The predicted molar refractivity (Wildman–Crippen MR) is 114 cm³/mol. The van der Waals surface area contributed by atoms with E-state index in [1.165, 1.54) is 0 Å². The van der Waals surface area contributed by atoms with Gasteiger partial charge in [-0.15, -0.1) is 0 Å². The lowest BCUT2D eigenvalue weighted by Gasteiger charge is -2.59. The highest BCUT2D eigenvalue weighted by Gasteiger charge is 2.68. The van der Waals surface area contributed by atoms with Crippen LogP contribution in [0.1, 0.15) is 66.7 Å². The molecule has 0 unspecified atom stereocenters. The maximum Gasteiger partial charge on any atom is 0.190 e. The second-order valence-electron chi connectivity index (χ2n) is 11.4. The molecule has 0 aromatic heterocycles. The van der Waals surface area contributed by atoms with Gasteiger partial charge in [-0.1, -0.05) is 25.5 Å². The van der Waals surface area contributed by atoms with Gasteiger partial charge < -0.3 is 14.9 Å². The summed E-state index contributed by atoms with van der Waals surface area (Å²) in [6.07, 6.45) is 8.02. The van der Waals surface area contributed by atoms with Crippen molar-refractivity contribution >= 4 is 11.6 Å². The molecular formula is C25H36O5. The average Bonchev–Trinajstić information content (AvgIpc) is 2.91. The summed E-state index contributed by atoms with van der Waals surface area (Å²) in [6.45, 7) is 9.71. The molecule has 30 heavy (non-hydrogen) atoms. The fourth-order valence-electron chi connectivity index (χ4n) is 7.19. The number of hydrogen-bond donors (Lipinski definition) is 2. The van der Waals surface area contributed by atoms with Gasteiger partial charge in [-0.3, -0.25) is 9.59 Å². The lowest BCUT2D eigenvalue weighted by atomic mass is 9.46. The monoisotopic (exact) mass is 416 g/mol. The van der Waals surface area contributed by atoms with E-state index >= 15 is 0 Å². The first kappa shape index (κ1) is 21.9. The van der Waals surface area contributed by atoms with Crippen LogP contribution in [-0.4, -0.2) is 45.7 Å². The Morgan fingerprint density at radius 1 is 1.27 bits per heavy atom. The number of carbonyl (C=O) groups is 2. The van der Waals surface area contributed by atoms with Crippen molar-refractivity contribution in [3.8, 4) is 0 Å². The summed E-state index contributed by atoms with van der Waals surface area (Å²) in [5.41, 5.74) is -1.81. The van der Waals surface area contributed by atoms with Gasteiger partial charge >= 0.3 is 0 Å². The van der Waals surface area contributed by atoms with E-state index in [4.69, 9.17) is 4.74 Å². The largest absolute Gasteiger partial charge is 0.393 e. The number of Topliss-reactive ketones (excluding diaryl/α,β-unsaturated/α-hetero) is 1. The number of hydrogen-bond acceptors (Lipinski definition) is 5. The highest BCUT2D eigenvalue weighted by atomic mass is 16.5. The SMILES string of the molecule is CC(C)(C)OCC(=O)[C@@]1(O)CC[C@H]2[C@@H]3CCC4=CC(=O)C=C[C@]4(C)[C@H]3[C@@H](O)C[C@@]21C. The minimum Gasteiger partial charge on any atom is -0.393 e. The van der Waals surface area contributed by atoms with Crippen molar-refractivity contribution in [1.82, 2.24) is 0 Å². The molecular weight excluding hydrogens is 380 g/mol. The molecule has 4 aliphatic rings. The summed E-state index contributed by atoms with van der Waals surface area (Å²) in [7, 11) is 0. The van der Waals surface area contributed by atoms with Crippen molar-refractivity contribution in [2.45, 2.75) is 84.0 Å². The molecule has 4 rings (SSSR count). The fourth-order valence-corrected chi connectivity index (χ4v) is 7.19. The molecule has 5 nitrogen and oxygen atoms in total. The number of aliphatic hydroxyl groups is 2. The number of aliphatic hydroxyl groups excluding tert-OH is 1. The molecule has 0 bridgehead atoms. The maximum atomic E-state index is 13.2. The van der Waals surface area contributed by atoms with Crippen molar-refractivity contribution in [3.63, 3.8) is 0 Å². The Morgan fingerprint density at radius 3 is 2.63 bits per heavy atom. The molecule has 0 aromatic rings. The summed E-state index contributed by atoms with van der Waals surface area (Å²) >= 11 is 0. The van der Waals surface area contributed by atoms with Crippen LogP contribution in [0.4, 0.5) is 0 Å². The van der Waals surface area contributed by atoms with E-state index in [2.05, 4.69) is 6.92 Å². The quantitative estimate of drug-likeness (QED) is 0.737. The number of rotatable bonds is 3. The van der Waals surface area contributed by atoms with Gasteiger partial charge in [0.15, 0.2) is 11.6 Å². The maximum absolute atomic E-state index is 13.2. The van der Waals surface area contributed by atoms with Crippen LogP contribution in [0, 0.1) is 28.6 Å². The van der Waals surface area contributed by atoms with Crippen LogP contribution in [-0.2, 0) is 14.3 Å². The van der Waals surface area contributed by atoms with Crippen LogP contribution in [0.15, 0.2) is 23.8 Å². The van der Waals surface area contributed by atoms with Gasteiger partial charge in [0.25, 0.3) is 0 Å². The highest BCUT2D eigenvalue weighted by molar-refractivity contribution is 6.01. The Balaban J connectivity index is 1.64. The Bertz CT molecular complexity index is 820. The summed E-state index contributed by atoms with van der Waals surface area (Å²) < 4.78 is 5.70. The average molecular weight is 417 g/mol. The summed E-state index contributed by atoms with van der Waals surface area (Å²) in [4.78, 5) is 25.1. The standard InChI is InChI=1S/C25H36O5/c1-22(2,3)30-14-20(28)25(29)11-9-18-17-7-6-15-12-16(26)8-10-23(15,4)21(17)19(27)13-24(18,25)5/h8,10,12,17-19,21,27,29H,6-7,9,11,13-14H2,1-5H3/t17-,18-,19-,21+,23-,24-,25-/m0/s1. The van der Waals surface area contributed by atoms with Gasteiger partial charge in [0.05, 0.1) is 11.7 Å². The number of carbonyl (C=O) groups excluding carboxylic acids is 2. The predicted octanol–water partition coefficient (Wildman–Crippen LogP) is 3.38. The van der Waals surface area contributed by atoms with Gasteiger partial charge in [0.2, 0.25) is 0 Å². The second-order valence-corrected chi connectivity index (χ2v) is 11.4. The molecule has 0 amide bonds. The molecule has 0 heterocycles. The van der Waals surface area contributed by atoms with Gasteiger partial charge in [0, 0.05) is 16.7 Å². The van der Waals surface area contributed by atoms with E-state index in [1.807, 2.05) is 33.8 Å². The smallest absolute Gasteiger partial charge is 0.190 e. The van der Waals surface area contributed by atoms with E-state index < -0.39 is 22.7 Å². The van der Waals surface area contributed by atoms with E-state index in [0.717, 1.165) is 24.8 Å². The first-order valence-corrected chi connectivity index (χ1v) is 11.3. The van der Waals surface area contributed by atoms with Crippen LogP contribution >= 0.6 is 0 Å². The molecule has 0 aromatic carbocycles. The molecule has 3 saturated carbocycles. The third-order valence-electron chi connectivity index (χ3n) is 8.75. The molecule has 0 aliphatic heterocycles. The molecule has 166 valence electrons. The molecule has 5 heteroatoms. The highest BCUT2D eigenvalue weighted by Crippen LogP contribution is 2.67. The second kappa shape index (κ2) is 6.85. The number of allylic oxidation sites excluding steroid dienone is 4. The first-order valence-electron chi connectivity index (χ1n) is 11.3. The lowest BCUT2D eigenvalue weighted by Crippen LogP contribution is -2.61. The van der Waals surface area contributed by atoms with Crippen LogP contribution in [0.3, 0.4) is 0 Å². The topological polar surface area (TPSA) is 83.8 Å². The fraction of sp³-hybridized carbons (Fsp3) is 0.760. The zero-order valence-electron chi connectivity index (χ0n) is 18.9. The van der Waals surface area contributed by atoms with Crippen molar-refractivity contribution in [2.24, 2.45) is 28.6 Å². The third-order valence-corrected chi connectivity index (χ3v) is 8.75. The third kappa shape index (κ3) is 3.08. The first-order chi connectivity index (χ1) is 13.8. The Morgan fingerprint density at radius 2 is 1.97 bits per heavy atom. The summed E-state index contributed by atoms with van der Waals surface area (Å²) in [6, 6.07) is 0. The van der Waals surface area contributed by atoms with E-state index in [1.54, 1.807) is 12.2 Å². The molecule has 2 N–H and O–H groups in total. The number of fused-ring (bicyclic) bond motifs is 5. The number of ketones is 2. The molecule has 0 saturated heterocycles. The van der Waals surface area contributed by atoms with Crippen LogP contribution in [0.2, 0.25) is 0 Å². The minimum absolute atomic E-state index is 0.00296. The van der Waals surface area contributed by atoms with Crippen molar-refractivity contribution in [2.75, 3.05) is 6.61 Å². The van der Waals surface area contributed by atoms with E-state index in [0.29, 0.717) is 12.8 Å². The molecule has 4 aliphatic carbocycles. The van der Waals surface area contributed by atoms with Crippen molar-refractivity contribution < 1.29 is 24.5 Å². The summed E-state index contributed by atoms with van der Waals surface area (Å²) in [5, 5.41) is 23.0. The normalized spacial score (nSPS) is 45.4. The van der Waals surface area contributed by atoms with Crippen molar-refractivity contribution in [3.05, 3.63) is 23.8 Å². The van der Waals surface area contributed by atoms with Crippen LogP contribution < -0.4 is 0 Å². The van der Waals surface area contributed by atoms with Gasteiger partial charge in [0.1, 0.15) is 12.2 Å². The number of ether oxygens (including phenoxy) is 1. The Labute approximate surface area is 179 Å². The molecule has 0 spiro atoms. The molecule has 0 radical (unpaired) electrons. The Kier molecular flexibility index (Phi) is 5.00. The van der Waals surface area contributed by atoms with Crippen LogP contribution in [0.5, 0.6) is 0 Å². The van der Waals surface area contributed by atoms with E-state index in [9.17, 15) is 19.8 Å². The molecule has 7 atom stereocenters. The molecule has 3 fully saturated rings. The summed E-state index contributed by atoms with van der Waals surface area (Å²) in [5.74, 6) is 0.140. The lowest BCUT2D eigenvalue weighted by molar-refractivity contribution is -0.182. The van der Waals surface area contributed by atoms with Crippen LogP contribution in [0.25, 0.3) is 0 Å². The zero-order chi connectivity index (χ0) is 22.1. The zero-order valence-corrected chi connectivity index (χ0v) is 18.9. The Hall–Kier alpha value is -1.30. The minimum atomic E-state index is -1.47. The van der Waals surface area contributed by atoms with Crippen molar-refractivity contribution in [1.29, 1.82) is 0 Å². The van der Waals surface area contributed by atoms with Gasteiger partial charge in [-0.25, -0.2) is 0 Å². The van der Waals surface area contributed by atoms with Gasteiger partial charge in [-0.05, 0) is 76.9 Å². The van der Waals surface area contributed by atoms with E-state index in [-0.39, 0.29) is 41.3 Å². The van der Waals surface area contributed by atoms with Gasteiger partial charge in [-0.2, -0.15) is 0 Å².